The van der Waals surface area contributed by atoms with Crippen molar-refractivity contribution < 1.29 is 18.3 Å². The van der Waals surface area contributed by atoms with Crippen molar-refractivity contribution in [2.24, 2.45) is 0 Å². The molecule has 1 aromatic rings. The van der Waals surface area contributed by atoms with Crippen molar-refractivity contribution in [2.75, 3.05) is 0 Å². The Balaban J connectivity index is 1.93. The average Bonchev–Trinajstić information content (AvgIpc) is 2.68. The lowest BCUT2D eigenvalue weighted by molar-refractivity contribution is -0.137. The van der Waals surface area contributed by atoms with Gasteiger partial charge < -0.3 is 10.4 Å². The van der Waals surface area contributed by atoms with E-state index in [9.17, 15) is 18.3 Å². The lowest BCUT2D eigenvalue weighted by Crippen LogP contribution is -2.46. The van der Waals surface area contributed by atoms with E-state index in [2.05, 4.69) is 5.32 Å². The van der Waals surface area contributed by atoms with Gasteiger partial charge in [0, 0.05) is 12.1 Å². The highest BCUT2D eigenvalue weighted by atomic mass is 19.4. The highest BCUT2D eigenvalue weighted by Gasteiger charge is 2.44. The second-order valence-electron chi connectivity index (χ2n) is 5.66. The quantitative estimate of drug-likeness (QED) is 0.823. The van der Waals surface area contributed by atoms with Gasteiger partial charge in [-0.25, -0.2) is 0 Å². The van der Waals surface area contributed by atoms with Gasteiger partial charge in [0.25, 0.3) is 0 Å². The molecule has 2 aliphatic rings. The maximum Gasteiger partial charge on any atom is 0.416 e. The third-order valence-electron chi connectivity index (χ3n) is 4.23. The monoisotopic (exact) mass is 271 g/mol. The maximum absolute atomic E-state index is 12.7. The maximum atomic E-state index is 12.7. The van der Waals surface area contributed by atoms with Crippen molar-refractivity contribution in [3.05, 3.63) is 35.4 Å². The number of aliphatic hydroxyl groups is 1. The number of piperidine rings is 1. The lowest BCUT2D eigenvalue weighted by Gasteiger charge is -2.37. The fourth-order valence-electron chi connectivity index (χ4n) is 3.34. The Morgan fingerprint density at radius 1 is 1.16 bits per heavy atom. The highest BCUT2D eigenvalue weighted by molar-refractivity contribution is 5.31. The van der Waals surface area contributed by atoms with Crippen molar-refractivity contribution in [2.45, 2.75) is 49.5 Å². The Morgan fingerprint density at radius 3 is 2.37 bits per heavy atom. The molecule has 2 bridgehead atoms. The Hall–Kier alpha value is -1.07. The third-order valence-corrected chi connectivity index (χ3v) is 4.23. The van der Waals surface area contributed by atoms with Crippen molar-refractivity contribution in [3.8, 4) is 0 Å². The van der Waals surface area contributed by atoms with E-state index in [1.807, 2.05) is 0 Å². The lowest BCUT2D eigenvalue weighted by atomic mass is 9.81. The summed E-state index contributed by atoms with van der Waals surface area (Å²) in [5.41, 5.74) is -1.43. The van der Waals surface area contributed by atoms with Crippen LogP contribution in [-0.2, 0) is 11.8 Å². The minimum atomic E-state index is -4.36. The molecule has 0 radical (unpaired) electrons. The number of hydrogen-bond acceptors (Lipinski definition) is 2. The molecule has 0 saturated carbocycles. The van der Waals surface area contributed by atoms with Gasteiger partial charge in [-0.2, -0.15) is 13.2 Å². The number of halogens is 3. The van der Waals surface area contributed by atoms with E-state index in [1.54, 1.807) is 6.07 Å². The fraction of sp³-hybridized carbons (Fsp3) is 0.571. The van der Waals surface area contributed by atoms with Crippen LogP contribution >= 0.6 is 0 Å². The van der Waals surface area contributed by atoms with E-state index in [-0.39, 0.29) is 12.1 Å². The molecular formula is C14H16F3NO. The fourth-order valence-corrected chi connectivity index (χ4v) is 3.34. The normalized spacial score (nSPS) is 34.5. The first-order chi connectivity index (χ1) is 8.87. The molecule has 2 saturated heterocycles. The molecule has 3 rings (SSSR count). The molecule has 2 atom stereocenters. The van der Waals surface area contributed by atoms with E-state index in [0.717, 1.165) is 25.0 Å². The van der Waals surface area contributed by atoms with Crippen LogP contribution in [0.5, 0.6) is 0 Å². The summed E-state index contributed by atoms with van der Waals surface area (Å²) in [6, 6.07) is 5.55. The molecular weight excluding hydrogens is 255 g/mol. The van der Waals surface area contributed by atoms with Crippen LogP contribution in [0.3, 0.4) is 0 Å². The van der Waals surface area contributed by atoms with Crippen molar-refractivity contribution >= 4 is 0 Å². The van der Waals surface area contributed by atoms with Gasteiger partial charge in [0.1, 0.15) is 0 Å². The zero-order chi connectivity index (χ0) is 13.7. The van der Waals surface area contributed by atoms with E-state index >= 15 is 0 Å². The van der Waals surface area contributed by atoms with Gasteiger partial charge in [-0.15, -0.1) is 0 Å². The molecule has 2 nitrogen and oxygen atoms in total. The van der Waals surface area contributed by atoms with Gasteiger partial charge >= 0.3 is 6.18 Å². The van der Waals surface area contributed by atoms with Crippen molar-refractivity contribution in [1.82, 2.24) is 5.32 Å². The topological polar surface area (TPSA) is 32.3 Å². The predicted octanol–water partition coefficient (Wildman–Crippen LogP) is 2.81. The first-order valence-electron chi connectivity index (χ1n) is 6.53. The largest absolute Gasteiger partial charge is 0.416 e. The Kier molecular flexibility index (Phi) is 2.87. The second-order valence-corrected chi connectivity index (χ2v) is 5.66. The first-order valence-corrected chi connectivity index (χ1v) is 6.53. The zero-order valence-electron chi connectivity index (χ0n) is 10.4. The molecule has 0 amide bonds. The van der Waals surface area contributed by atoms with Crippen LogP contribution in [0.15, 0.2) is 24.3 Å². The number of rotatable bonds is 1. The van der Waals surface area contributed by atoms with Gasteiger partial charge in [0.05, 0.1) is 11.2 Å². The van der Waals surface area contributed by atoms with E-state index in [4.69, 9.17) is 0 Å². The van der Waals surface area contributed by atoms with Crippen molar-refractivity contribution in [1.29, 1.82) is 0 Å². The summed E-state index contributed by atoms with van der Waals surface area (Å²) in [5, 5.41) is 14.1. The summed E-state index contributed by atoms with van der Waals surface area (Å²) in [6.45, 7) is 0. The molecule has 2 heterocycles. The molecule has 2 fully saturated rings. The molecule has 104 valence electrons. The molecule has 19 heavy (non-hydrogen) atoms. The van der Waals surface area contributed by atoms with Crippen LogP contribution in [0.2, 0.25) is 0 Å². The Bertz CT molecular complexity index is 474. The third kappa shape index (κ3) is 2.37. The summed E-state index contributed by atoms with van der Waals surface area (Å²) in [5.74, 6) is 0. The van der Waals surface area contributed by atoms with Gasteiger partial charge in [-0.1, -0.05) is 12.1 Å². The molecule has 1 aromatic carbocycles. The van der Waals surface area contributed by atoms with Crippen molar-refractivity contribution in [3.63, 3.8) is 0 Å². The SMILES string of the molecule is OC1(c2cccc(C(F)(F)F)c2)CC2CCC(C1)N2. The van der Waals surface area contributed by atoms with Crippen LogP contribution < -0.4 is 5.32 Å². The number of benzene rings is 1. The van der Waals surface area contributed by atoms with Gasteiger partial charge in [0.15, 0.2) is 0 Å². The summed E-state index contributed by atoms with van der Waals surface area (Å²) in [6.07, 6.45) is -1.40. The van der Waals surface area contributed by atoms with Crippen LogP contribution in [0.4, 0.5) is 13.2 Å². The smallest absolute Gasteiger partial charge is 0.385 e. The molecule has 0 spiro atoms. The van der Waals surface area contributed by atoms with Crippen LogP contribution in [0.25, 0.3) is 0 Å². The summed E-state index contributed by atoms with van der Waals surface area (Å²) in [4.78, 5) is 0. The van der Waals surface area contributed by atoms with E-state index in [0.29, 0.717) is 18.4 Å². The molecule has 0 aliphatic carbocycles. The number of alkyl halides is 3. The average molecular weight is 271 g/mol. The molecule has 5 heteroatoms. The number of hydrogen-bond donors (Lipinski definition) is 2. The van der Waals surface area contributed by atoms with Gasteiger partial charge in [-0.05, 0) is 43.4 Å². The van der Waals surface area contributed by atoms with Crippen LogP contribution in [-0.4, -0.2) is 17.2 Å². The zero-order valence-corrected chi connectivity index (χ0v) is 10.4. The van der Waals surface area contributed by atoms with Crippen LogP contribution in [0, 0.1) is 0 Å². The predicted molar refractivity (Wildman–Crippen MR) is 64.5 cm³/mol. The molecule has 2 N–H and O–H groups in total. The minimum Gasteiger partial charge on any atom is -0.385 e. The Labute approximate surface area is 109 Å². The Morgan fingerprint density at radius 2 is 1.79 bits per heavy atom. The minimum absolute atomic E-state index is 0.221. The second kappa shape index (κ2) is 4.21. The highest BCUT2D eigenvalue weighted by Crippen LogP contribution is 2.42. The number of nitrogens with one attached hydrogen (secondary N) is 1. The standard InChI is InChI=1S/C14H16F3NO/c15-14(16,17)10-3-1-2-9(6-10)13(19)7-11-4-5-12(8-13)18-11/h1-3,6,11-12,18-19H,4-5,7-8H2. The van der Waals surface area contributed by atoms with E-state index < -0.39 is 17.3 Å². The summed E-state index contributed by atoms with van der Waals surface area (Å²) in [7, 11) is 0. The van der Waals surface area contributed by atoms with Gasteiger partial charge in [-0.3, -0.25) is 0 Å². The summed E-state index contributed by atoms with van der Waals surface area (Å²) < 4.78 is 38.2. The molecule has 2 unspecified atom stereocenters. The van der Waals surface area contributed by atoms with E-state index in [1.165, 1.54) is 6.07 Å². The molecule has 2 aliphatic heterocycles. The van der Waals surface area contributed by atoms with Gasteiger partial charge in [0.2, 0.25) is 0 Å². The summed E-state index contributed by atoms with van der Waals surface area (Å²) >= 11 is 0. The van der Waals surface area contributed by atoms with Crippen LogP contribution in [0.1, 0.15) is 36.8 Å². The first kappa shape index (κ1) is 12.9. The number of fused-ring (bicyclic) bond motifs is 2. The molecule has 0 aromatic heterocycles.